The first-order chi connectivity index (χ1) is 10.2. The summed E-state index contributed by atoms with van der Waals surface area (Å²) in [6.07, 6.45) is 0.172. The fourth-order valence-corrected chi connectivity index (χ4v) is 2.83. The second-order valence-corrected chi connectivity index (χ2v) is 5.42. The summed E-state index contributed by atoms with van der Waals surface area (Å²) in [6, 6.07) is 20.2. The predicted molar refractivity (Wildman–Crippen MR) is 81.7 cm³/mol. The maximum absolute atomic E-state index is 12.0. The number of ether oxygens (including phenoxy) is 1. The number of carbonyl (C=O) groups excluding carboxylic acids is 1. The Morgan fingerprint density at radius 1 is 0.952 bits per heavy atom. The van der Waals surface area contributed by atoms with Crippen molar-refractivity contribution in [3.8, 4) is 0 Å². The average molecular weight is 281 g/mol. The molecule has 0 unspecified atom stereocenters. The minimum absolute atomic E-state index is 0.00264. The lowest BCUT2D eigenvalue weighted by molar-refractivity contribution is -0.147. The van der Waals surface area contributed by atoms with Gasteiger partial charge >= 0.3 is 5.97 Å². The van der Waals surface area contributed by atoms with Crippen molar-refractivity contribution < 1.29 is 9.53 Å². The third-order valence-electron chi connectivity index (χ3n) is 3.90. The highest BCUT2D eigenvalue weighted by Gasteiger charge is 2.31. The first-order valence-corrected chi connectivity index (χ1v) is 7.29. The van der Waals surface area contributed by atoms with Gasteiger partial charge in [0.1, 0.15) is 6.10 Å². The molecule has 3 rings (SSSR count). The highest BCUT2D eigenvalue weighted by atomic mass is 16.5. The zero-order valence-corrected chi connectivity index (χ0v) is 12.0. The summed E-state index contributed by atoms with van der Waals surface area (Å²) in [4.78, 5) is 12.0. The summed E-state index contributed by atoms with van der Waals surface area (Å²) in [5.74, 6) is -0.151. The largest absolute Gasteiger partial charge is 0.461 e. The van der Waals surface area contributed by atoms with Crippen molar-refractivity contribution in [1.29, 1.82) is 0 Å². The molecule has 3 heteroatoms. The SMILES string of the molecule is C[C@@H]1OC(=O)C[C@@H](c2ccccc2)N[C@H]1c1ccccc1. The van der Waals surface area contributed by atoms with Gasteiger partial charge in [0.05, 0.1) is 12.5 Å². The second kappa shape index (κ2) is 6.10. The molecule has 1 N–H and O–H groups in total. The fraction of sp³-hybridized carbons (Fsp3) is 0.278. The van der Waals surface area contributed by atoms with E-state index in [0.717, 1.165) is 11.1 Å². The number of hydrogen-bond acceptors (Lipinski definition) is 3. The van der Waals surface area contributed by atoms with Crippen molar-refractivity contribution in [2.24, 2.45) is 0 Å². The van der Waals surface area contributed by atoms with Crippen LogP contribution in [-0.2, 0) is 9.53 Å². The van der Waals surface area contributed by atoms with E-state index in [1.165, 1.54) is 0 Å². The predicted octanol–water partition coefficient (Wildman–Crippen LogP) is 3.39. The van der Waals surface area contributed by atoms with Gasteiger partial charge in [-0.15, -0.1) is 0 Å². The third kappa shape index (κ3) is 3.14. The Morgan fingerprint density at radius 3 is 2.14 bits per heavy atom. The standard InChI is InChI=1S/C18H19NO2/c1-13-18(15-10-6-3-7-11-15)19-16(12-17(20)21-13)14-8-4-2-5-9-14/h2-11,13,16,18-19H,12H2,1H3/t13-,16-,18+/m0/s1. The van der Waals surface area contributed by atoms with Gasteiger partial charge in [-0.3, -0.25) is 10.1 Å². The molecule has 108 valence electrons. The van der Waals surface area contributed by atoms with Crippen LogP contribution in [-0.4, -0.2) is 12.1 Å². The van der Waals surface area contributed by atoms with Crippen LogP contribution in [0.2, 0.25) is 0 Å². The van der Waals surface area contributed by atoms with E-state index in [2.05, 4.69) is 17.4 Å². The monoisotopic (exact) mass is 281 g/mol. The number of rotatable bonds is 2. The van der Waals surface area contributed by atoms with Gasteiger partial charge in [-0.25, -0.2) is 0 Å². The minimum atomic E-state index is -0.186. The molecule has 0 bridgehead atoms. The van der Waals surface area contributed by atoms with Crippen LogP contribution in [0, 0.1) is 0 Å². The van der Waals surface area contributed by atoms with Crippen molar-refractivity contribution in [1.82, 2.24) is 5.32 Å². The third-order valence-corrected chi connectivity index (χ3v) is 3.90. The summed E-state index contributed by atoms with van der Waals surface area (Å²) >= 11 is 0. The Morgan fingerprint density at radius 2 is 1.52 bits per heavy atom. The zero-order valence-electron chi connectivity index (χ0n) is 12.0. The van der Waals surface area contributed by atoms with Crippen LogP contribution in [0.1, 0.15) is 36.6 Å². The molecule has 1 fully saturated rings. The number of carbonyl (C=O) groups is 1. The maximum atomic E-state index is 12.0. The molecular weight excluding hydrogens is 262 g/mol. The Hall–Kier alpha value is -2.13. The molecule has 0 radical (unpaired) electrons. The summed E-state index contributed by atoms with van der Waals surface area (Å²) in [5.41, 5.74) is 2.25. The van der Waals surface area contributed by atoms with Crippen LogP contribution in [0.5, 0.6) is 0 Å². The first-order valence-electron chi connectivity index (χ1n) is 7.29. The number of nitrogens with one attached hydrogen (secondary N) is 1. The van der Waals surface area contributed by atoms with Crippen molar-refractivity contribution in [2.45, 2.75) is 31.5 Å². The summed E-state index contributed by atoms with van der Waals surface area (Å²) in [7, 11) is 0. The van der Waals surface area contributed by atoms with Crippen LogP contribution >= 0.6 is 0 Å². The Balaban J connectivity index is 1.91. The van der Waals surface area contributed by atoms with Crippen molar-refractivity contribution in [2.75, 3.05) is 0 Å². The molecule has 0 saturated carbocycles. The van der Waals surface area contributed by atoms with E-state index in [1.807, 2.05) is 55.5 Å². The van der Waals surface area contributed by atoms with Gasteiger partial charge in [0.2, 0.25) is 0 Å². The van der Waals surface area contributed by atoms with Crippen molar-refractivity contribution >= 4 is 5.97 Å². The highest BCUT2D eigenvalue weighted by Crippen LogP contribution is 2.29. The summed E-state index contributed by atoms with van der Waals surface area (Å²) in [5, 5.41) is 3.58. The molecule has 1 aliphatic rings. The number of benzene rings is 2. The molecule has 1 heterocycles. The van der Waals surface area contributed by atoms with E-state index in [-0.39, 0.29) is 24.2 Å². The van der Waals surface area contributed by atoms with Crippen LogP contribution in [0.3, 0.4) is 0 Å². The topological polar surface area (TPSA) is 38.3 Å². The van der Waals surface area contributed by atoms with Gasteiger partial charge in [-0.1, -0.05) is 60.7 Å². The van der Waals surface area contributed by atoms with Gasteiger partial charge in [-0.05, 0) is 18.1 Å². The van der Waals surface area contributed by atoms with Gasteiger partial charge in [0, 0.05) is 6.04 Å². The molecule has 0 amide bonds. The molecule has 2 aromatic carbocycles. The van der Waals surface area contributed by atoms with E-state index in [4.69, 9.17) is 4.74 Å². The van der Waals surface area contributed by atoms with E-state index in [9.17, 15) is 4.79 Å². The average Bonchev–Trinajstić information content (AvgIpc) is 2.67. The van der Waals surface area contributed by atoms with Crippen LogP contribution in [0.4, 0.5) is 0 Å². The maximum Gasteiger partial charge on any atom is 0.308 e. The molecule has 2 aromatic rings. The van der Waals surface area contributed by atoms with Gasteiger partial charge in [0.25, 0.3) is 0 Å². The summed E-state index contributed by atoms with van der Waals surface area (Å²) in [6.45, 7) is 1.94. The number of cyclic esters (lactones) is 1. The van der Waals surface area contributed by atoms with E-state index in [1.54, 1.807) is 0 Å². The van der Waals surface area contributed by atoms with Crippen molar-refractivity contribution in [3.63, 3.8) is 0 Å². The molecule has 1 saturated heterocycles. The van der Waals surface area contributed by atoms with E-state index >= 15 is 0 Å². The first kappa shape index (κ1) is 13.8. The smallest absolute Gasteiger partial charge is 0.308 e. The second-order valence-electron chi connectivity index (χ2n) is 5.42. The van der Waals surface area contributed by atoms with Gasteiger partial charge < -0.3 is 4.74 Å². The van der Waals surface area contributed by atoms with Gasteiger partial charge in [0.15, 0.2) is 0 Å². The molecule has 3 nitrogen and oxygen atoms in total. The molecule has 0 aliphatic carbocycles. The lowest BCUT2D eigenvalue weighted by atomic mass is 9.99. The minimum Gasteiger partial charge on any atom is -0.461 e. The Labute approximate surface area is 124 Å². The zero-order chi connectivity index (χ0) is 14.7. The van der Waals surface area contributed by atoms with Crippen LogP contribution in [0.25, 0.3) is 0 Å². The Bertz CT molecular complexity index is 597. The van der Waals surface area contributed by atoms with E-state index < -0.39 is 0 Å². The van der Waals surface area contributed by atoms with Crippen molar-refractivity contribution in [3.05, 3.63) is 71.8 Å². The fourth-order valence-electron chi connectivity index (χ4n) is 2.83. The molecule has 0 spiro atoms. The Kier molecular flexibility index (Phi) is 4.02. The lowest BCUT2D eigenvalue weighted by Crippen LogP contribution is -2.31. The quantitative estimate of drug-likeness (QED) is 0.857. The van der Waals surface area contributed by atoms with E-state index in [0.29, 0.717) is 6.42 Å². The van der Waals surface area contributed by atoms with Gasteiger partial charge in [-0.2, -0.15) is 0 Å². The molecule has 1 aliphatic heterocycles. The van der Waals surface area contributed by atoms with Crippen LogP contribution in [0.15, 0.2) is 60.7 Å². The number of hydrogen-bond donors (Lipinski definition) is 1. The molecule has 3 atom stereocenters. The normalized spacial score (nSPS) is 26.0. The van der Waals surface area contributed by atoms with Crippen LogP contribution < -0.4 is 5.32 Å². The molecule has 21 heavy (non-hydrogen) atoms. The number of esters is 1. The summed E-state index contributed by atoms with van der Waals surface area (Å²) < 4.78 is 5.53. The molecular formula is C18H19NO2. The highest BCUT2D eigenvalue weighted by molar-refractivity contribution is 5.71. The molecule has 0 aromatic heterocycles. The lowest BCUT2D eigenvalue weighted by Gasteiger charge is -2.25.